The van der Waals surface area contributed by atoms with Gasteiger partial charge in [-0.25, -0.2) is 0 Å². The molecule has 3 rings (SSSR count). The van der Waals surface area contributed by atoms with Gasteiger partial charge in [-0.2, -0.15) is 0 Å². The maximum atomic E-state index is 6.61. The lowest BCUT2D eigenvalue weighted by atomic mass is 9.92. The van der Waals surface area contributed by atoms with Gasteiger partial charge in [0.2, 0.25) is 0 Å². The van der Waals surface area contributed by atoms with Crippen LogP contribution in [0.4, 0.5) is 11.4 Å². The molecule has 1 heterocycles. The first-order chi connectivity index (χ1) is 10.1. The molecule has 3 heteroatoms. The van der Waals surface area contributed by atoms with Crippen molar-refractivity contribution in [1.82, 2.24) is 0 Å². The van der Waals surface area contributed by atoms with E-state index in [0.29, 0.717) is 0 Å². The van der Waals surface area contributed by atoms with Gasteiger partial charge in [0.1, 0.15) is 0 Å². The summed E-state index contributed by atoms with van der Waals surface area (Å²) < 4.78 is 0. The smallest absolute Gasteiger partial charge is 0.0605 e. The summed E-state index contributed by atoms with van der Waals surface area (Å²) in [4.78, 5) is 4.71. The monoisotopic (exact) mass is 281 g/mol. The van der Waals surface area contributed by atoms with Crippen molar-refractivity contribution >= 4 is 11.4 Å². The molecule has 0 fully saturated rings. The van der Waals surface area contributed by atoms with Crippen LogP contribution in [0.25, 0.3) is 0 Å². The van der Waals surface area contributed by atoms with Gasteiger partial charge in [0.05, 0.1) is 16.9 Å². The number of nitrogens with two attached hydrogens (primary N) is 1. The lowest BCUT2D eigenvalue weighted by Crippen LogP contribution is -2.49. The molecule has 1 unspecified atom stereocenters. The topological polar surface area (TPSA) is 32.5 Å². The molecule has 0 amide bonds. The second-order valence-electron chi connectivity index (χ2n) is 6.12. The molecule has 0 aromatic heterocycles. The molecule has 0 aliphatic carbocycles. The standard InChI is InChI=1S/C18H23N3/c1-18(19,15-8-4-3-5-9-15)14-21-13-12-20(2)16-10-6-7-11-17(16)21/h3-11H,12-14,19H2,1-2H3. The average molecular weight is 281 g/mol. The summed E-state index contributed by atoms with van der Waals surface area (Å²) in [5, 5.41) is 0. The molecule has 0 saturated heterocycles. The van der Waals surface area contributed by atoms with Gasteiger partial charge in [0.15, 0.2) is 0 Å². The lowest BCUT2D eigenvalue weighted by molar-refractivity contribution is 0.480. The molecule has 0 bridgehead atoms. The van der Waals surface area contributed by atoms with E-state index in [0.717, 1.165) is 19.6 Å². The largest absolute Gasteiger partial charge is 0.371 e. The number of anilines is 2. The summed E-state index contributed by atoms with van der Waals surface area (Å²) in [7, 11) is 2.15. The van der Waals surface area contributed by atoms with E-state index < -0.39 is 0 Å². The molecule has 3 nitrogen and oxygen atoms in total. The van der Waals surface area contributed by atoms with Crippen LogP contribution in [0.2, 0.25) is 0 Å². The van der Waals surface area contributed by atoms with Gasteiger partial charge in [-0.05, 0) is 24.6 Å². The van der Waals surface area contributed by atoms with Crippen LogP contribution in [0.5, 0.6) is 0 Å². The van der Waals surface area contributed by atoms with Crippen molar-refractivity contribution in [1.29, 1.82) is 0 Å². The normalized spacial score (nSPS) is 17.3. The van der Waals surface area contributed by atoms with E-state index in [9.17, 15) is 0 Å². The minimum Gasteiger partial charge on any atom is -0.371 e. The molecule has 1 aliphatic heterocycles. The zero-order valence-corrected chi connectivity index (χ0v) is 12.8. The van der Waals surface area contributed by atoms with Gasteiger partial charge in [0, 0.05) is 26.7 Å². The molecule has 110 valence electrons. The number of para-hydroxylation sites is 2. The maximum absolute atomic E-state index is 6.61. The average Bonchev–Trinajstić information content (AvgIpc) is 2.51. The Bertz CT molecular complexity index is 607. The summed E-state index contributed by atoms with van der Waals surface area (Å²) >= 11 is 0. The van der Waals surface area contributed by atoms with Crippen molar-refractivity contribution in [3.63, 3.8) is 0 Å². The third kappa shape index (κ3) is 2.74. The maximum Gasteiger partial charge on any atom is 0.0605 e. The van der Waals surface area contributed by atoms with Crippen molar-refractivity contribution in [3.05, 3.63) is 60.2 Å². The number of hydrogen-bond acceptors (Lipinski definition) is 3. The van der Waals surface area contributed by atoms with E-state index in [4.69, 9.17) is 5.73 Å². The Labute approximate surface area is 127 Å². The second kappa shape index (κ2) is 5.41. The van der Waals surface area contributed by atoms with Gasteiger partial charge in [0.25, 0.3) is 0 Å². The highest BCUT2D eigenvalue weighted by Gasteiger charge is 2.28. The molecule has 0 spiro atoms. The third-order valence-corrected chi connectivity index (χ3v) is 4.29. The molecule has 2 aromatic rings. The Hall–Kier alpha value is -2.00. The summed E-state index contributed by atoms with van der Waals surface area (Å²) in [6, 6.07) is 18.9. The van der Waals surface area contributed by atoms with Gasteiger partial charge < -0.3 is 15.5 Å². The van der Waals surface area contributed by atoms with E-state index in [2.05, 4.69) is 72.3 Å². The molecule has 0 saturated carbocycles. The Morgan fingerprint density at radius 2 is 1.57 bits per heavy atom. The molecular weight excluding hydrogens is 258 g/mol. The van der Waals surface area contributed by atoms with Crippen molar-refractivity contribution in [3.8, 4) is 0 Å². The summed E-state index contributed by atoms with van der Waals surface area (Å²) in [6.45, 7) is 4.97. The number of hydrogen-bond donors (Lipinski definition) is 1. The van der Waals surface area contributed by atoms with Gasteiger partial charge >= 0.3 is 0 Å². The van der Waals surface area contributed by atoms with Crippen molar-refractivity contribution in [2.45, 2.75) is 12.5 Å². The number of likely N-dealkylation sites (N-methyl/N-ethyl adjacent to an activating group) is 1. The quantitative estimate of drug-likeness (QED) is 0.939. The fourth-order valence-electron chi connectivity index (χ4n) is 3.04. The fraction of sp³-hybridized carbons (Fsp3) is 0.333. The predicted octanol–water partition coefficient (Wildman–Crippen LogP) is 2.82. The highest BCUT2D eigenvalue weighted by Crippen LogP contribution is 2.33. The van der Waals surface area contributed by atoms with Crippen LogP contribution >= 0.6 is 0 Å². The SMILES string of the molecule is CN1CCN(CC(C)(N)c2ccccc2)c2ccccc21. The van der Waals surface area contributed by atoms with Crippen LogP contribution in [0.1, 0.15) is 12.5 Å². The first-order valence-electron chi connectivity index (χ1n) is 7.47. The van der Waals surface area contributed by atoms with Gasteiger partial charge in [-0.1, -0.05) is 42.5 Å². The minimum absolute atomic E-state index is 0.357. The summed E-state index contributed by atoms with van der Waals surface area (Å²) in [5.41, 5.74) is 9.99. The second-order valence-corrected chi connectivity index (χ2v) is 6.12. The lowest BCUT2D eigenvalue weighted by Gasteiger charge is -2.41. The molecule has 2 aromatic carbocycles. The number of benzene rings is 2. The van der Waals surface area contributed by atoms with E-state index in [1.807, 2.05) is 6.07 Å². The highest BCUT2D eigenvalue weighted by molar-refractivity contribution is 5.73. The molecule has 21 heavy (non-hydrogen) atoms. The summed E-state index contributed by atoms with van der Waals surface area (Å²) in [5.74, 6) is 0. The number of nitrogens with zero attached hydrogens (tertiary/aromatic N) is 2. The zero-order valence-electron chi connectivity index (χ0n) is 12.8. The molecule has 0 radical (unpaired) electrons. The zero-order chi connectivity index (χ0) is 14.9. The van der Waals surface area contributed by atoms with Crippen molar-refractivity contribution in [2.24, 2.45) is 5.73 Å². The Morgan fingerprint density at radius 1 is 0.952 bits per heavy atom. The van der Waals surface area contributed by atoms with Crippen LogP contribution in [-0.2, 0) is 5.54 Å². The number of fused-ring (bicyclic) bond motifs is 1. The molecule has 1 aliphatic rings. The predicted molar refractivity (Wildman–Crippen MR) is 89.9 cm³/mol. The van der Waals surface area contributed by atoms with E-state index in [-0.39, 0.29) is 5.54 Å². The van der Waals surface area contributed by atoms with Crippen LogP contribution < -0.4 is 15.5 Å². The Kier molecular flexibility index (Phi) is 3.60. The molecule has 1 atom stereocenters. The Balaban J connectivity index is 1.87. The summed E-state index contributed by atoms with van der Waals surface area (Å²) in [6.07, 6.45) is 0. The molecular formula is C18H23N3. The van der Waals surface area contributed by atoms with Crippen LogP contribution in [-0.4, -0.2) is 26.7 Å². The number of rotatable bonds is 3. The van der Waals surface area contributed by atoms with Crippen molar-refractivity contribution < 1.29 is 0 Å². The highest BCUT2D eigenvalue weighted by atomic mass is 15.3. The van der Waals surface area contributed by atoms with Gasteiger partial charge in [-0.3, -0.25) is 0 Å². The fourth-order valence-corrected chi connectivity index (χ4v) is 3.04. The van der Waals surface area contributed by atoms with Crippen LogP contribution in [0, 0.1) is 0 Å². The van der Waals surface area contributed by atoms with Crippen LogP contribution in [0.3, 0.4) is 0 Å². The Morgan fingerprint density at radius 3 is 2.29 bits per heavy atom. The van der Waals surface area contributed by atoms with E-state index >= 15 is 0 Å². The first kappa shape index (κ1) is 14.0. The van der Waals surface area contributed by atoms with E-state index in [1.54, 1.807) is 0 Å². The van der Waals surface area contributed by atoms with Crippen LogP contribution in [0.15, 0.2) is 54.6 Å². The first-order valence-corrected chi connectivity index (χ1v) is 7.47. The van der Waals surface area contributed by atoms with Gasteiger partial charge in [-0.15, -0.1) is 0 Å². The third-order valence-electron chi connectivity index (χ3n) is 4.29. The molecule has 2 N–H and O–H groups in total. The van der Waals surface area contributed by atoms with Crippen molar-refractivity contribution in [2.75, 3.05) is 36.5 Å². The minimum atomic E-state index is -0.357. The van der Waals surface area contributed by atoms with E-state index in [1.165, 1.54) is 16.9 Å².